The van der Waals surface area contributed by atoms with Crippen molar-refractivity contribution in [3.8, 4) is 0 Å². The second-order valence-corrected chi connectivity index (χ2v) is 6.49. The quantitative estimate of drug-likeness (QED) is 0.447. The van der Waals surface area contributed by atoms with E-state index in [1.807, 2.05) is 0 Å². The van der Waals surface area contributed by atoms with E-state index in [2.05, 4.69) is 10.3 Å². The van der Waals surface area contributed by atoms with E-state index < -0.39 is 17.0 Å². The number of benzene rings is 2. The normalized spacial score (nSPS) is 10.9. The van der Waals surface area contributed by atoms with Gasteiger partial charge in [-0.1, -0.05) is 40.9 Å². The first-order valence-corrected chi connectivity index (χ1v) is 8.20. The third-order valence-corrected chi connectivity index (χ3v) is 4.66. The highest BCUT2D eigenvalue weighted by Gasteiger charge is 2.21. The average molecular weight is 400 g/mol. The van der Waals surface area contributed by atoms with E-state index in [-0.39, 0.29) is 37.4 Å². The highest BCUT2D eigenvalue weighted by atomic mass is 35.5. The van der Waals surface area contributed by atoms with E-state index in [9.17, 15) is 14.0 Å². The van der Waals surface area contributed by atoms with Crippen LogP contribution < -0.4 is 10.7 Å². The van der Waals surface area contributed by atoms with Crippen molar-refractivity contribution in [1.82, 2.24) is 4.98 Å². The number of nitrogens with one attached hydrogen (secondary N) is 2. The zero-order valence-electron chi connectivity index (χ0n) is 12.7. The number of fused-ring (bicyclic) bond motifs is 1. The Morgan fingerprint density at radius 2 is 1.88 bits per heavy atom. The molecule has 2 N–H and O–H groups in total. The molecule has 0 fully saturated rings. The number of aromatic nitrogens is 1. The van der Waals surface area contributed by atoms with Gasteiger partial charge in [0.1, 0.15) is 17.2 Å². The summed E-state index contributed by atoms with van der Waals surface area (Å²) in [5, 5.41) is 3.13. The van der Waals surface area contributed by atoms with Gasteiger partial charge >= 0.3 is 0 Å². The van der Waals surface area contributed by atoms with Crippen molar-refractivity contribution < 1.29 is 9.18 Å². The molecular formula is C17H10Cl3FN2O2. The van der Waals surface area contributed by atoms with Crippen LogP contribution >= 0.6 is 34.8 Å². The predicted octanol–water partition coefficient (Wildman–Crippen LogP) is 5.57. The third-order valence-electron chi connectivity index (χ3n) is 3.57. The van der Waals surface area contributed by atoms with Crippen LogP contribution in [0.5, 0.6) is 0 Å². The number of ketones is 1. The lowest BCUT2D eigenvalue weighted by atomic mass is 10.1. The van der Waals surface area contributed by atoms with Crippen LogP contribution in [0.2, 0.25) is 15.1 Å². The van der Waals surface area contributed by atoms with Gasteiger partial charge in [0.05, 0.1) is 26.0 Å². The molecule has 0 amide bonds. The molecule has 1 aromatic heterocycles. The zero-order chi connectivity index (χ0) is 18.3. The van der Waals surface area contributed by atoms with E-state index in [1.165, 1.54) is 31.2 Å². The molecule has 0 atom stereocenters. The topological polar surface area (TPSA) is 62.0 Å². The van der Waals surface area contributed by atoms with Gasteiger partial charge in [0, 0.05) is 5.69 Å². The Balaban J connectivity index is 2.33. The number of H-pyrrole nitrogens is 1. The molecule has 1 heterocycles. The largest absolute Gasteiger partial charge is 0.341 e. The van der Waals surface area contributed by atoms with Crippen molar-refractivity contribution in [2.45, 2.75) is 6.92 Å². The number of carbonyl (C=O) groups is 1. The minimum absolute atomic E-state index is 0.00197. The van der Waals surface area contributed by atoms with Gasteiger partial charge in [-0.15, -0.1) is 0 Å². The molecule has 0 unspecified atom stereocenters. The molecule has 0 saturated heterocycles. The van der Waals surface area contributed by atoms with Gasteiger partial charge in [0.25, 0.3) is 0 Å². The van der Waals surface area contributed by atoms with Gasteiger partial charge < -0.3 is 10.3 Å². The van der Waals surface area contributed by atoms with Crippen molar-refractivity contribution in [1.29, 1.82) is 0 Å². The minimum atomic E-state index is -0.616. The maximum absolute atomic E-state index is 13.4. The maximum atomic E-state index is 13.4. The Kier molecular flexibility index (Phi) is 4.73. The summed E-state index contributed by atoms with van der Waals surface area (Å²) in [6.45, 7) is 1.24. The number of halogens is 4. The summed E-state index contributed by atoms with van der Waals surface area (Å²) in [7, 11) is 0. The number of anilines is 2. The van der Waals surface area contributed by atoms with Gasteiger partial charge in [0.15, 0.2) is 5.78 Å². The van der Waals surface area contributed by atoms with Crippen LogP contribution in [0.4, 0.5) is 15.9 Å². The summed E-state index contributed by atoms with van der Waals surface area (Å²) in [6.07, 6.45) is 0. The van der Waals surface area contributed by atoms with Gasteiger partial charge in [-0.25, -0.2) is 4.39 Å². The van der Waals surface area contributed by atoms with Crippen LogP contribution in [0.3, 0.4) is 0 Å². The molecule has 3 rings (SSSR count). The van der Waals surface area contributed by atoms with E-state index in [4.69, 9.17) is 34.8 Å². The first-order valence-electron chi connectivity index (χ1n) is 7.06. The average Bonchev–Trinajstić information content (AvgIpc) is 2.52. The fourth-order valence-corrected chi connectivity index (χ4v) is 3.24. The number of carbonyl (C=O) groups excluding carboxylic acids is 1. The highest BCUT2D eigenvalue weighted by Crippen LogP contribution is 2.35. The predicted molar refractivity (Wildman–Crippen MR) is 99.3 cm³/mol. The van der Waals surface area contributed by atoms with E-state index in [1.54, 1.807) is 6.07 Å². The van der Waals surface area contributed by atoms with Crippen LogP contribution in [0.1, 0.15) is 17.3 Å². The van der Waals surface area contributed by atoms with Gasteiger partial charge in [-0.3, -0.25) is 9.59 Å². The molecular weight excluding hydrogens is 390 g/mol. The standard InChI is InChI=1S/C17H10Cl3FN2O2/c1-7(24)12-16(25)13-14(20)10(18)6-11(19)15(13)23-17(12)22-9-4-2-3-8(21)5-9/h2-6H,1H3,(H2,22,23,25). The molecule has 8 heteroatoms. The Morgan fingerprint density at radius 3 is 2.52 bits per heavy atom. The molecule has 0 aliphatic carbocycles. The molecule has 0 radical (unpaired) electrons. The van der Waals surface area contributed by atoms with Crippen LogP contribution in [-0.4, -0.2) is 10.8 Å². The fourth-order valence-electron chi connectivity index (χ4n) is 2.50. The number of hydrogen-bond acceptors (Lipinski definition) is 3. The van der Waals surface area contributed by atoms with E-state index in [0.717, 1.165) is 0 Å². The maximum Gasteiger partial charge on any atom is 0.203 e. The van der Waals surface area contributed by atoms with Crippen molar-refractivity contribution >= 4 is 63.0 Å². The van der Waals surface area contributed by atoms with Crippen LogP contribution in [0.15, 0.2) is 35.1 Å². The van der Waals surface area contributed by atoms with Crippen molar-refractivity contribution in [2.24, 2.45) is 0 Å². The van der Waals surface area contributed by atoms with Crippen LogP contribution in [0.25, 0.3) is 10.9 Å². The number of aromatic amines is 1. The lowest BCUT2D eigenvalue weighted by molar-refractivity contribution is 0.101. The van der Waals surface area contributed by atoms with Gasteiger partial charge in [-0.05, 0) is 31.2 Å². The summed E-state index contributed by atoms with van der Waals surface area (Å²) in [5.41, 5.74) is -0.190. The monoisotopic (exact) mass is 398 g/mol. The molecule has 0 aliphatic heterocycles. The molecule has 128 valence electrons. The third kappa shape index (κ3) is 3.23. The van der Waals surface area contributed by atoms with Crippen molar-refractivity contribution in [2.75, 3.05) is 5.32 Å². The Bertz CT molecular complexity index is 1080. The van der Waals surface area contributed by atoms with Crippen LogP contribution in [0, 0.1) is 5.82 Å². The summed E-state index contributed by atoms with van der Waals surface area (Å²) in [6, 6.07) is 6.98. The minimum Gasteiger partial charge on any atom is -0.341 e. The zero-order valence-corrected chi connectivity index (χ0v) is 15.0. The Labute approximate surface area is 156 Å². The fraction of sp³-hybridized carbons (Fsp3) is 0.0588. The van der Waals surface area contributed by atoms with Crippen LogP contribution in [-0.2, 0) is 0 Å². The number of hydrogen-bond donors (Lipinski definition) is 2. The van der Waals surface area contributed by atoms with Crippen molar-refractivity contribution in [3.05, 3.63) is 67.0 Å². The highest BCUT2D eigenvalue weighted by molar-refractivity contribution is 6.47. The second kappa shape index (κ2) is 6.67. The van der Waals surface area contributed by atoms with Crippen molar-refractivity contribution in [3.63, 3.8) is 0 Å². The number of Topliss-reactive ketones (excluding diaryl/α,β-unsaturated/α-hetero) is 1. The lowest BCUT2D eigenvalue weighted by Gasteiger charge is -2.14. The molecule has 0 aliphatic rings. The molecule has 4 nitrogen and oxygen atoms in total. The van der Waals surface area contributed by atoms with E-state index >= 15 is 0 Å². The number of rotatable bonds is 3. The lowest BCUT2D eigenvalue weighted by Crippen LogP contribution is -2.18. The molecule has 25 heavy (non-hydrogen) atoms. The molecule has 3 aromatic rings. The molecule has 0 saturated carbocycles. The number of pyridine rings is 1. The Morgan fingerprint density at radius 1 is 1.16 bits per heavy atom. The van der Waals surface area contributed by atoms with Gasteiger partial charge in [0.2, 0.25) is 5.43 Å². The summed E-state index contributed by atoms with van der Waals surface area (Å²) >= 11 is 18.2. The first kappa shape index (κ1) is 17.7. The molecule has 0 spiro atoms. The smallest absolute Gasteiger partial charge is 0.203 e. The van der Waals surface area contributed by atoms with E-state index in [0.29, 0.717) is 5.69 Å². The summed E-state index contributed by atoms with van der Waals surface area (Å²) in [4.78, 5) is 27.7. The first-order chi connectivity index (χ1) is 11.8. The summed E-state index contributed by atoms with van der Waals surface area (Å²) in [5.74, 6) is -0.865. The van der Waals surface area contributed by atoms with Gasteiger partial charge in [-0.2, -0.15) is 0 Å². The Hall–Kier alpha value is -2.08. The second-order valence-electron chi connectivity index (χ2n) is 5.30. The molecule has 0 bridgehead atoms. The molecule has 2 aromatic carbocycles. The summed E-state index contributed by atoms with van der Waals surface area (Å²) < 4.78 is 13.4. The SMILES string of the molecule is CC(=O)c1c(Nc2cccc(F)c2)[nH]c2c(Cl)cc(Cl)c(Cl)c2c1=O.